The minimum atomic E-state index is -3.19. The lowest BCUT2D eigenvalue weighted by molar-refractivity contribution is -0.157. The highest BCUT2D eigenvalue weighted by Crippen LogP contribution is 2.50. The SMILES string of the molecule is C=CCOC(=O)C(N1C(=O)[C@H]([C@@H](C)O)[C@H]1CC(=O)c1cccc(C(=O)NCC)c1)=P(c1ccccc1)(c1ccccc1)c1ccccc1. The molecule has 1 aliphatic heterocycles. The third-order valence-corrected chi connectivity index (χ3v) is 12.7. The molecule has 2 amide bonds. The summed E-state index contributed by atoms with van der Waals surface area (Å²) in [6, 6.07) is 34.2. The number of nitrogens with zero attached hydrogens (tertiary/aromatic N) is 1. The van der Waals surface area contributed by atoms with Gasteiger partial charge in [0.25, 0.3) is 5.91 Å². The van der Waals surface area contributed by atoms with Crippen LogP contribution < -0.4 is 21.2 Å². The van der Waals surface area contributed by atoms with Gasteiger partial charge in [0.2, 0.25) is 5.91 Å². The molecule has 8 nitrogen and oxygen atoms in total. The molecule has 0 aromatic heterocycles. The molecule has 9 heteroatoms. The van der Waals surface area contributed by atoms with Crippen LogP contribution in [0.3, 0.4) is 0 Å². The lowest BCUT2D eigenvalue weighted by atomic mass is 9.79. The summed E-state index contributed by atoms with van der Waals surface area (Å²) in [4.78, 5) is 56.7. The van der Waals surface area contributed by atoms with Gasteiger partial charge in [0.1, 0.15) is 12.0 Å². The third kappa shape index (κ3) is 6.55. The summed E-state index contributed by atoms with van der Waals surface area (Å²) >= 11 is 0. The van der Waals surface area contributed by atoms with E-state index in [0.717, 1.165) is 15.9 Å². The predicted octanol–water partition coefficient (Wildman–Crippen LogP) is 4.07. The first kappa shape index (κ1) is 34.3. The molecule has 0 unspecified atom stereocenters. The molecular weight excluding hydrogens is 623 g/mol. The van der Waals surface area contributed by atoms with Gasteiger partial charge in [-0.2, -0.15) is 0 Å². The Bertz CT molecular complexity index is 1750. The van der Waals surface area contributed by atoms with Gasteiger partial charge < -0.3 is 20.1 Å². The lowest BCUT2D eigenvalue weighted by Gasteiger charge is -2.50. The molecule has 0 spiro atoms. The Morgan fingerprint density at radius 2 is 1.40 bits per heavy atom. The number of aliphatic hydroxyl groups is 1. The van der Waals surface area contributed by atoms with Crippen molar-refractivity contribution in [1.82, 2.24) is 10.2 Å². The van der Waals surface area contributed by atoms with Crippen molar-refractivity contribution < 1.29 is 29.0 Å². The number of nitrogens with one attached hydrogen (secondary N) is 1. The summed E-state index contributed by atoms with van der Waals surface area (Å²) < 4.78 is 5.78. The van der Waals surface area contributed by atoms with Crippen LogP contribution in [0.25, 0.3) is 0 Å². The normalized spacial score (nSPS) is 16.3. The molecule has 0 saturated carbocycles. The van der Waals surface area contributed by atoms with Crippen molar-refractivity contribution in [2.24, 2.45) is 5.92 Å². The fourth-order valence-corrected chi connectivity index (χ4v) is 10.7. The fraction of sp³-hybridized carbons (Fsp3) is 0.205. The maximum Gasteiger partial charge on any atom is 0.356 e. The van der Waals surface area contributed by atoms with Gasteiger partial charge in [0, 0.05) is 31.0 Å². The molecule has 2 N–H and O–H groups in total. The molecule has 246 valence electrons. The number of benzene rings is 4. The Hall–Kier alpha value is -5.04. The highest BCUT2D eigenvalue weighted by molar-refractivity contribution is 7.96. The van der Waals surface area contributed by atoms with E-state index in [-0.39, 0.29) is 35.7 Å². The Morgan fingerprint density at radius 3 is 1.88 bits per heavy atom. The Kier molecular flexibility index (Phi) is 10.9. The molecule has 0 radical (unpaired) electrons. The molecule has 5 rings (SSSR count). The number of rotatable bonds is 13. The fourth-order valence-electron chi connectivity index (χ4n) is 6.34. The molecule has 3 atom stereocenters. The van der Waals surface area contributed by atoms with Crippen molar-refractivity contribution in [3.63, 3.8) is 0 Å². The summed E-state index contributed by atoms with van der Waals surface area (Å²) in [5.41, 5.74) is 0.732. The van der Waals surface area contributed by atoms with Crippen molar-refractivity contribution in [2.45, 2.75) is 32.4 Å². The number of ketones is 1. The predicted molar refractivity (Wildman–Crippen MR) is 191 cm³/mol. The quantitative estimate of drug-likeness (QED) is 0.0735. The number of carbonyl (C=O) groups is 4. The van der Waals surface area contributed by atoms with Gasteiger partial charge in [-0.3, -0.25) is 14.4 Å². The molecule has 1 fully saturated rings. The largest absolute Gasteiger partial charge is 0.457 e. The van der Waals surface area contributed by atoms with Gasteiger partial charge in [-0.1, -0.05) is 116 Å². The summed E-state index contributed by atoms with van der Waals surface area (Å²) in [5, 5.41) is 16.0. The molecule has 0 aliphatic carbocycles. The number of hydrogen-bond acceptors (Lipinski definition) is 6. The first-order valence-electron chi connectivity index (χ1n) is 15.9. The number of ether oxygens (including phenoxy) is 1. The van der Waals surface area contributed by atoms with E-state index in [2.05, 4.69) is 11.9 Å². The van der Waals surface area contributed by atoms with Gasteiger partial charge in [0.15, 0.2) is 5.78 Å². The van der Waals surface area contributed by atoms with Gasteiger partial charge >= 0.3 is 5.97 Å². The Morgan fingerprint density at radius 1 is 0.875 bits per heavy atom. The summed E-state index contributed by atoms with van der Waals surface area (Å²) in [5.74, 6) is -2.79. The van der Waals surface area contributed by atoms with Gasteiger partial charge in [-0.05, 0) is 41.9 Å². The molecule has 4 aromatic rings. The summed E-state index contributed by atoms with van der Waals surface area (Å²) in [7, 11) is 0. The molecule has 48 heavy (non-hydrogen) atoms. The average Bonchev–Trinajstić information content (AvgIpc) is 3.11. The minimum absolute atomic E-state index is 0.0984. The summed E-state index contributed by atoms with van der Waals surface area (Å²) in [6.07, 6.45) is 0.163. The summed E-state index contributed by atoms with van der Waals surface area (Å²) in [6.45, 7) is 4.18. The molecule has 1 saturated heterocycles. The molecule has 0 bridgehead atoms. The molecular formula is C39H39N2O6P. The zero-order valence-electron chi connectivity index (χ0n) is 27.0. The van der Waals surface area contributed by atoms with E-state index in [1.807, 2.05) is 97.9 Å². The molecule has 4 aromatic carbocycles. The van der Waals surface area contributed by atoms with Crippen molar-refractivity contribution in [3.8, 4) is 0 Å². The average molecular weight is 663 g/mol. The number of aliphatic hydroxyl groups excluding tert-OH is 1. The minimum Gasteiger partial charge on any atom is -0.457 e. The first-order valence-corrected chi connectivity index (χ1v) is 17.7. The van der Waals surface area contributed by atoms with E-state index >= 15 is 0 Å². The number of Topliss-reactive ketones (excluding diaryl/α,β-unsaturated/α-hetero) is 1. The standard InChI is InChI=1S/C39H39N2O6P/c1-4-24-47-39(46)38(48(30-18-9-6-10-19-30,31-20-11-7-12-21-31)32-22-13-8-14-23-32)41-33(35(27(3)42)37(41)45)26-34(43)28-16-15-17-29(25-28)36(44)40-5-2/h4,6-23,25,27,33,35,42H,1,5,24,26H2,2-3H3,(H,40,44)/t27-,33-,35-/m1/s1. The number of β-lactam (4-membered cyclic amide) rings is 1. The van der Waals surface area contributed by atoms with E-state index in [9.17, 15) is 24.3 Å². The maximum atomic E-state index is 14.5. The van der Waals surface area contributed by atoms with Crippen LogP contribution in [0.15, 0.2) is 128 Å². The second kappa shape index (κ2) is 15.2. The zero-order valence-corrected chi connectivity index (χ0v) is 27.9. The topological polar surface area (TPSA) is 113 Å². The lowest BCUT2D eigenvalue weighted by Crippen LogP contribution is -2.68. The number of esters is 1. The number of hydrogen-bond donors (Lipinski definition) is 2. The monoisotopic (exact) mass is 662 g/mol. The Labute approximate surface area is 281 Å². The van der Waals surface area contributed by atoms with Crippen molar-refractivity contribution in [1.29, 1.82) is 0 Å². The third-order valence-electron chi connectivity index (χ3n) is 8.46. The Balaban J connectivity index is 1.79. The molecule has 1 aliphatic rings. The number of amides is 2. The van der Waals surface area contributed by atoms with E-state index in [0.29, 0.717) is 12.1 Å². The maximum absolute atomic E-state index is 14.5. The number of carbonyl (C=O) groups excluding carboxylic acids is 4. The van der Waals surface area contributed by atoms with E-state index in [1.54, 1.807) is 18.2 Å². The van der Waals surface area contributed by atoms with Crippen LogP contribution in [0.2, 0.25) is 0 Å². The van der Waals surface area contributed by atoms with E-state index < -0.39 is 36.8 Å². The number of likely N-dealkylation sites (tertiary alicyclic amines) is 1. The van der Waals surface area contributed by atoms with Crippen molar-refractivity contribution in [2.75, 3.05) is 13.2 Å². The van der Waals surface area contributed by atoms with E-state index in [1.165, 1.54) is 24.0 Å². The van der Waals surface area contributed by atoms with Crippen LogP contribution in [-0.2, 0) is 14.3 Å². The first-order chi connectivity index (χ1) is 23.2. The van der Waals surface area contributed by atoms with Crippen molar-refractivity contribution in [3.05, 3.63) is 139 Å². The van der Waals surface area contributed by atoms with Gasteiger partial charge in [-0.15, -0.1) is 0 Å². The molecule has 1 heterocycles. The van der Waals surface area contributed by atoms with Crippen LogP contribution >= 0.6 is 6.89 Å². The van der Waals surface area contributed by atoms with Gasteiger partial charge in [-0.25, -0.2) is 4.79 Å². The van der Waals surface area contributed by atoms with E-state index in [4.69, 9.17) is 4.74 Å². The second-order valence-electron chi connectivity index (χ2n) is 11.5. The van der Waals surface area contributed by atoms with Crippen LogP contribution in [0.1, 0.15) is 41.0 Å². The van der Waals surface area contributed by atoms with Crippen molar-refractivity contribution >= 4 is 51.8 Å². The zero-order chi connectivity index (χ0) is 34.3. The van der Waals surface area contributed by atoms with Crippen LogP contribution in [0.4, 0.5) is 0 Å². The highest BCUT2D eigenvalue weighted by atomic mass is 31.2. The highest BCUT2D eigenvalue weighted by Gasteiger charge is 2.55. The van der Waals surface area contributed by atoms with Crippen LogP contribution in [0.5, 0.6) is 0 Å². The smallest absolute Gasteiger partial charge is 0.356 e. The van der Waals surface area contributed by atoms with Crippen LogP contribution in [-0.4, -0.2) is 64.3 Å². The van der Waals surface area contributed by atoms with Gasteiger partial charge in [0.05, 0.1) is 18.1 Å². The second-order valence-corrected chi connectivity index (χ2v) is 14.8. The van der Waals surface area contributed by atoms with Crippen LogP contribution in [0, 0.1) is 5.92 Å².